The van der Waals surface area contributed by atoms with Gasteiger partial charge in [-0.25, -0.2) is 0 Å². The van der Waals surface area contributed by atoms with Crippen LogP contribution in [0.5, 0.6) is 0 Å². The van der Waals surface area contributed by atoms with Crippen LogP contribution in [-0.2, 0) is 0 Å². The van der Waals surface area contributed by atoms with Gasteiger partial charge in [0.2, 0.25) is 0 Å². The number of aliphatic hydroxyl groups excluding tert-OH is 1. The van der Waals surface area contributed by atoms with Crippen LogP contribution in [0.25, 0.3) is 0 Å². The van der Waals surface area contributed by atoms with Crippen molar-refractivity contribution < 1.29 is 5.11 Å². The van der Waals surface area contributed by atoms with Crippen molar-refractivity contribution in [2.75, 3.05) is 40.3 Å². The fourth-order valence-corrected chi connectivity index (χ4v) is 1.98. The summed E-state index contributed by atoms with van der Waals surface area (Å²) in [6.07, 6.45) is 1.09. The van der Waals surface area contributed by atoms with Crippen molar-refractivity contribution in [3.05, 3.63) is 0 Å². The van der Waals surface area contributed by atoms with Gasteiger partial charge in [-0.2, -0.15) is 0 Å². The summed E-state index contributed by atoms with van der Waals surface area (Å²) in [5, 5.41) is 9.57. The summed E-state index contributed by atoms with van der Waals surface area (Å²) in [6.45, 7) is 9.50. The molecular weight excluding hydrogens is 214 g/mol. The van der Waals surface area contributed by atoms with Gasteiger partial charge in [0.15, 0.2) is 0 Å². The van der Waals surface area contributed by atoms with Crippen LogP contribution in [0.4, 0.5) is 0 Å². The van der Waals surface area contributed by atoms with E-state index in [4.69, 9.17) is 5.73 Å². The van der Waals surface area contributed by atoms with E-state index >= 15 is 0 Å². The van der Waals surface area contributed by atoms with Crippen molar-refractivity contribution >= 4 is 0 Å². The lowest BCUT2D eigenvalue weighted by Crippen LogP contribution is -2.54. The number of nitrogens with two attached hydrogens (primary N) is 1. The Bertz CT molecular complexity index is 186. The third-order valence-corrected chi connectivity index (χ3v) is 3.22. The first-order valence-corrected chi connectivity index (χ1v) is 6.69. The lowest BCUT2D eigenvalue weighted by Gasteiger charge is -2.36. The van der Waals surface area contributed by atoms with Gasteiger partial charge in [0.25, 0.3) is 0 Å². The molecule has 3 N–H and O–H groups in total. The topological polar surface area (TPSA) is 52.7 Å². The van der Waals surface area contributed by atoms with E-state index in [0.29, 0.717) is 5.92 Å². The van der Waals surface area contributed by atoms with Gasteiger partial charge in [0.05, 0.1) is 6.61 Å². The van der Waals surface area contributed by atoms with Gasteiger partial charge >= 0.3 is 0 Å². The molecule has 0 aliphatic heterocycles. The van der Waals surface area contributed by atoms with E-state index in [1.165, 1.54) is 0 Å². The van der Waals surface area contributed by atoms with Gasteiger partial charge in [-0.1, -0.05) is 20.8 Å². The number of likely N-dealkylation sites (N-methyl/N-ethyl adjacent to an activating group) is 1. The van der Waals surface area contributed by atoms with E-state index in [2.05, 4.69) is 44.7 Å². The van der Waals surface area contributed by atoms with Gasteiger partial charge in [-0.3, -0.25) is 4.90 Å². The smallest absolute Gasteiger partial charge is 0.0602 e. The Morgan fingerprint density at radius 3 is 2.06 bits per heavy atom. The number of hydrogen-bond donors (Lipinski definition) is 2. The van der Waals surface area contributed by atoms with Crippen LogP contribution in [0.1, 0.15) is 27.2 Å². The van der Waals surface area contributed by atoms with Crippen molar-refractivity contribution in [3.63, 3.8) is 0 Å². The predicted molar refractivity (Wildman–Crippen MR) is 74.1 cm³/mol. The maximum atomic E-state index is 9.57. The zero-order chi connectivity index (χ0) is 13.4. The molecular formula is C13H31N3O. The highest BCUT2D eigenvalue weighted by atomic mass is 16.3. The van der Waals surface area contributed by atoms with Crippen LogP contribution in [0.3, 0.4) is 0 Å². The Morgan fingerprint density at radius 2 is 1.71 bits per heavy atom. The quantitative estimate of drug-likeness (QED) is 0.625. The third-order valence-electron chi connectivity index (χ3n) is 3.22. The minimum atomic E-state index is 0.0358. The van der Waals surface area contributed by atoms with Gasteiger partial charge in [-0.15, -0.1) is 0 Å². The van der Waals surface area contributed by atoms with Crippen molar-refractivity contribution in [1.82, 2.24) is 9.80 Å². The first kappa shape index (κ1) is 16.8. The minimum absolute atomic E-state index is 0.0358. The fraction of sp³-hybridized carbons (Fsp3) is 1.00. The SMILES string of the molecule is CCCN(CCN(C)C)C(CO)C(N)C(C)C. The second kappa shape index (κ2) is 8.86. The van der Waals surface area contributed by atoms with Crippen LogP contribution >= 0.6 is 0 Å². The van der Waals surface area contributed by atoms with Crippen molar-refractivity contribution in [2.45, 2.75) is 39.3 Å². The zero-order valence-corrected chi connectivity index (χ0v) is 12.2. The Balaban J connectivity index is 4.50. The first-order chi connectivity index (χ1) is 7.93. The Morgan fingerprint density at radius 1 is 1.12 bits per heavy atom. The number of hydrogen-bond acceptors (Lipinski definition) is 4. The molecule has 0 saturated carbocycles. The number of rotatable bonds is 9. The molecule has 4 heteroatoms. The molecule has 0 heterocycles. The predicted octanol–water partition coefficient (Wildman–Crippen LogP) is 0.604. The standard InChI is InChI=1S/C13H31N3O/c1-6-7-16(9-8-15(4)5)12(10-17)13(14)11(2)3/h11-13,17H,6-10,14H2,1-5H3. The van der Waals surface area contributed by atoms with Crippen LogP contribution < -0.4 is 5.73 Å². The molecule has 0 aromatic heterocycles. The molecule has 2 atom stereocenters. The molecule has 0 bridgehead atoms. The second-order valence-corrected chi connectivity index (χ2v) is 5.41. The van der Waals surface area contributed by atoms with Crippen LogP contribution in [0, 0.1) is 5.92 Å². The number of nitrogens with zero attached hydrogens (tertiary/aromatic N) is 2. The summed E-state index contributed by atoms with van der Waals surface area (Å²) < 4.78 is 0. The second-order valence-electron chi connectivity index (χ2n) is 5.41. The Kier molecular flexibility index (Phi) is 8.78. The molecule has 17 heavy (non-hydrogen) atoms. The summed E-state index contributed by atoms with van der Waals surface area (Å²) in [7, 11) is 4.14. The van der Waals surface area contributed by atoms with Crippen LogP contribution in [0.2, 0.25) is 0 Å². The minimum Gasteiger partial charge on any atom is -0.395 e. The largest absolute Gasteiger partial charge is 0.395 e. The Hall–Kier alpha value is -0.160. The number of aliphatic hydroxyl groups is 1. The van der Waals surface area contributed by atoms with Crippen molar-refractivity contribution in [3.8, 4) is 0 Å². The van der Waals surface area contributed by atoms with E-state index in [1.54, 1.807) is 0 Å². The highest BCUT2D eigenvalue weighted by Gasteiger charge is 2.25. The van der Waals surface area contributed by atoms with Crippen molar-refractivity contribution in [2.24, 2.45) is 11.7 Å². The summed E-state index contributed by atoms with van der Waals surface area (Å²) in [5.74, 6) is 0.394. The molecule has 2 unspecified atom stereocenters. The molecule has 0 fully saturated rings. The summed E-state index contributed by atoms with van der Waals surface area (Å²) in [5.41, 5.74) is 6.19. The van der Waals surface area contributed by atoms with Gasteiger partial charge < -0.3 is 15.7 Å². The van der Waals surface area contributed by atoms with Gasteiger partial charge in [0.1, 0.15) is 0 Å². The molecule has 0 aromatic rings. The molecule has 4 nitrogen and oxygen atoms in total. The van der Waals surface area contributed by atoms with Gasteiger partial charge in [0, 0.05) is 25.2 Å². The average molecular weight is 245 g/mol. The molecule has 0 radical (unpaired) electrons. The van der Waals surface area contributed by atoms with E-state index in [0.717, 1.165) is 26.1 Å². The summed E-state index contributed by atoms with van der Waals surface area (Å²) in [6, 6.07) is 0.114. The molecule has 0 aliphatic carbocycles. The zero-order valence-electron chi connectivity index (χ0n) is 12.2. The molecule has 0 amide bonds. The van der Waals surface area contributed by atoms with Crippen molar-refractivity contribution in [1.29, 1.82) is 0 Å². The molecule has 0 spiro atoms. The molecule has 0 aliphatic rings. The molecule has 0 saturated heterocycles. The lowest BCUT2D eigenvalue weighted by molar-refractivity contribution is 0.0855. The summed E-state index contributed by atoms with van der Waals surface area (Å²) in [4.78, 5) is 4.49. The van der Waals surface area contributed by atoms with Gasteiger partial charge in [-0.05, 0) is 33.0 Å². The van der Waals surface area contributed by atoms with Crippen LogP contribution in [-0.4, -0.2) is 67.3 Å². The van der Waals surface area contributed by atoms with E-state index < -0.39 is 0 Å². The molecule has 0 rings (SSSR count). The third kappa shape index (κ3) is 6.36. The highest BCUT2D eigenvalue weighted by molar-refractivity contribution is 4.84. The Labute approximate surface area is 107 Å². The van der Waals surface area contributed by atoms with E-state index in [1.807, 2.05) is 0 Å². The monoisotopic (exact) mass is 245 g/mol. The molecule has 0 aromatic carbocycles. The lowest BCUT2D eigenvalue weighted by atomic mass is 9.96. The normalized spacial score (nSPS) is 15.9. The van der Waals surface area contributed by atoms with Crippen LogP contribution in [0.15, 0.2) is 0 Å². The molecule has 104 valence electrons. The average Bonchev–Trinajstić information content (AvgIpc) is 2.26. The maximum absolute atomic E-state index is 9.57. The summed E-state index contributed by atoms with van der Waals surface area (Å²) >= 11 is 0. The highest BCUT2D eigenvalue weighted by Crippen LogP contribution is 2.11. The first-order valence-electron chi connectivity index (χ1n) is 6.69. The van der Waals surface area contributed by atoms with E-state index in [-0.39, 0.29) is 18.7 Å². The maximum Gasteiger partial charge on any atom is 0.0602 e. The fourth-order valence-electron chi connectivity index (χ4n) is 1.98. The van der Waals surface area contributed by atoms with E-state index in [9.17, 15) is 5.11 Å².